The number of fused-ring (bicyclic) bond motifs is 1. The molecule has 1 saturated heterocycles. The molecule has 8 heteroatoms. The summed E-state index contributed by atoms with van der Waals surface area (Å²) in [7, 11) is -2.84. The molecule has 1 aliphatic heterocycles. The minimum absolute atomic E-state index is 0.108. The van der Waals surface area contributed by atoms with Gasteiger partial charge in [-0.15, -0.1) is 5.10 Å². The fourth-order valence-corrected chi connectivity index (χ4v) is 3.78. The van der Waals surface area contributed by atoms with E-state index < -0.39 is 9.84 Å². The lowest BCUT2D eigenvalue weighted by Gasteiger charge is -2.22. The molecule has 6 nitrogen and oxygen atoms in total. The molecule has 2 aromatic heterocycles. The summed E-state index contributed by atoms with van der Waals surface area (Å²) in [6.07, 6.45) is 2.87. The summed E-state index contributed by atoms with van der Waals surface area (Å²) < 4.78 is 24.3. The van der Waals surface area contributed by atoms with Gasteiger partial charge >= 0.3 is 0 Å². The fourth-order valence-electron chi connectivity index (χ4n) is 2.14. The van der Waals surface area contributed by atoms with Crippen LogP contribution in [0.25, 0.3) is 5.65 Å². The molecule has 0 amide bonds. The number of hydrogen-bond donors (Lipinski definition) is 1. The Morgan fingerprint density at radius 2 is 2.05 bits per heavy atom. The van der Waals surface area contributed by atoms with E-state index >= 15 is 0 Å². The van der Waals surface area contributed by atoms with Gasteiger partial charge in [0.2, 0.25) is 5.95 Å². The van der Waals surface area contributed by atoms with Gasteiger partial charge in [-0.1, -0.05) is 11.6 Å². The van der Waals surface area contributed by atoms with Crippen molar-refractivity contribution in [3.63, 3.8) is 0 Å². The van der Waals surface area contributed by atoms with E-state index in [2.05, 4.69) is 15.4 Å². The van der Waals surface area contributed by atoms with Gasteiger partial charge in [-0.25, -0.2) is 12.9 Å². The molecular weight excluding hydrogens is 288 g/mol. The molecule has 0 aliphatic carbocycles. The summed E-state index contributed by atoms with van der Waals surface area (Å²) in [5.74, 6) is 0.958. The first-order chi connectivity index (χ1) is 9.02. The Kier molecular flexibility index (Phi) is 3.10. The summed E-state index contributed by atoms with van der Waals surface area (Å²) in [4.78, 5) is 4.32. The van der Waals surface area contributed by atoms with Crippen LogP contribution in [-0.2, 0) is 9.84 Å². The van der Waals surface area contributed by atoms with Crippen molar-refractivity contribution in [1.82, 2.24) is 14.6 Å². The first-order valence-electron chi connectivity index (χ1n) is 6.01. The summed E-state index contributed by atoms with van der Waals surface area (Å²) >= 11 is 5.88. The quantitative estimate of drug-likeness (QED) is 0.906. The van der Waals surface area contributed by atoms with E-state index in [1.807, 2.05) is 0 Å². The number of pyridine rings is 1. The van der Waals surface area contributed by atoms with Gasteiger partial charge in [0, 0.05) is 12.2 Å². The van der Waals surface area contributed by atoms with Crippen molar-refractivity contribution in [2.24, 2.45) is 0 Å². The second-order valence-corrected chi connectivity index (χ2v) is 7.40. The Bertz CT molecular complexity index is 699. The first-order valence-corrected chi connectivity index (χ1v) is 8.21. The number of rotatable bonds is 2. The van der Waals surface area contributed by atoms with Gasteiger partial charge in [0.25, 0.3) is 0 Å². The van der Waals surface area contributed by atoms with Gasteiger partial charge in [-0.05, 0) is 25.0 Å². The minimum atomic E-state index is -2.84. The molecule has 3 heterocycles. The van der Waals surface area contributed by atoms with Crippen LogP contribution in [0.3, 0.4) is 0 Å². The van der Waals surface area contributed by atoms with Crippen LogP contribution >= 0.6 is 11.6 Å². The summed E-state index contributed by atoms with van der Waals surface area (Å²) in [6.45, 7) is 0. The predicted octanol–water partition coefficient (Wildman–Crippen LogP) is 1.37. The minimum Gasteiger partial charge on any atom is -0.350 e. The Morgan fingerprint density at radius 3 is 2.79 bits per heavy atom. The highest BCUT2D eigenvalue weighted by atomic mass is 35.5. The van der Waals surface area contributed by atoms with Crippen LogP contribution in [0.5, 0.6) is 0 Å². The molecule has 1 fully saturated rings. The third-order valence-electron chi connectivity index (χ3n) is 3.18. The van der Waals surface area contributed by atoms with E-state index in [4.69, 9.17) is 11.6 Å². The monoisotopic (exact) mass is 300 g/mol. The molecule has 0 atom stereocenters. The Morgan fingerprint density at radius 1 is 1.32 bits per heavy atom. The van der Waals surface area contributed by atoms with Crippen molar-refractivity contribution in [3.8, 4) is 0 Å². The van der Waals surface area contributed by atoms with Crippen LogP contribution in [0.2, 0.25) is 5.02 Å². The molecule has 0 saturated carbocycles. The molecule has 2 aromatic rings. The lowest BCUT2D eigenvalue weighted by Crippen LogP contribution is -2.32. The number of hydrogen-bond acceptors (Lipinski definition) is 5. The van der Waals surface area contributed by atoms with Gasteiger partial charge < -0.3 is 5.32 Å². The number of halogens is 1. The topological polar surface area (TPSA) is 76.4 Å². The lowest BCUT2D eigenvalue weighted by molar-refractivity contribution is 0.558. The maximum atomic E-state index is 11.3. The summed E-state index contributed by atoms with van der Waals surface area (Å²) in [6, 6.07) is 3.64. The predicted molar refractivity (Wildman–Crippen MR) is 73.3 cm³/mol. The zero-order chi connectivity index (χ0) is 13.5. The lowest BCUT2D eigenvalue weighted by atomic mass is 10.2. The van der Waals surface area contributed by atoms with Gasteiger partial charge in [-0.3, -0.25) is 0 Å². The zero-order valence-electron chi connectivity index (χ0n) is 10.1. The van der Waals surface area contributed by atoms with E-state index in [1.165, 1.54) is 0 Å². The molecule has 0 bridgehead atoms. The molecule has 0 aromatic carbocycles. The highest BCUT2D eigenvalue weighted by molar-refractivity contribution is 7.91. The molecule has 1 aliphatic rings. The maximum Gasteiger partial charge on any atom is 0.243 e. The van der Waals surface area contributed by atoms with Crippen molar-refractivity contribution in [2.75, 3.05) is 16.8 Å². The van der Waals surface area contributed by atoms with E-state index in [-0.39, 0.29) is 17.5 Å². The Hall–Kier alpha value is -1.34. The average molecular weight is 301 g/mol. The van der Waals surface area contributed by atoms with Crippen molar-refractivity contribution in [1.29, 1.82) is 0 Å². The molecule has 0 spiro atoms. The smallest absolute Gasteiger partial charge is 0.243 e. The maximum absolute atomic E-state index is 11.3. The van der Waals surface area contributed by atoms with Crippen molar-refractivity contribution in [3.05, 3.63) is 23.4 Å². The number of aromatic nitrogens is 3. The van der Waals surface area contributed by atoms with Crippen molar-refractivity contribution < 1.29 is 8.42 Å². The van der Waals surface area contributed by atoms with Crippen molar-refractivity contribution >= 4 is 33.0 Å². The number of nitrogens with one attached hydrogen (secondary N) is 1. The summed E-state index contributed by atoms with van der Waals surface area (Å²) in [5, 5.41) is 8.03. The second-order valence-electron chi connectivity index (χ2n) is 4.66. The molecule has 102 valence electrons. The van der Waals surface area contributed by atoms with Crippen LogP contribution in [0.15, 0.2) is 18.3 Å². The van der Waals surface area contributed by atoms with E-state index in [0.717, 1.165) is 0 Å². The van der Waals surface area contributed by atoms with Crippen LogP contribution in [-0.4, -0.2) is 40.6 Å². The SMILES string of the molecule is O=S1(=O)CCC(Nc2nc3ccc(Cl)cn3n2)CC1. The van der Waals surface area contributed by atoms with E-state index in [1.54, 1.807) is 22.8 Å². The number of sulfone groups is 1. The standard InChI is InChI=1S/C11H13ClN4O2S/c12-8-1-2-10-14-11(15-16(10)7-8)13-9-3-5-19(17,18)6-4-9/h1-2,7,9H,3-6H2,(H,13,15). The van der Waals surface area contributed by atoms with E-state index in [0.29, 0.717) is 29.5 Å². The molecule has 0 unspecified atom stereocenters. The second kappa shape index (κ2) is 4.64. The molecule has 0 radical (unpaired) electrons. The largest absolute Gasteiger partial charge is 0.350 e. The van der Waals surface area contributed by atoms with Gasteiger partial charge in [0.1, 0.15) is 9.84 Å². The Labute approximate surface area is 115 Å². The van der Waals surface area contributed by atoms with Crippen molar-refractivity contribution in [2.45, 2.75) is 18.9 Å². The molecule has 1 N–H and O–H groups in total. The van der Waals surface area contributed by atoms with Gasteiger partial charge in [-0.2, -0.15) is 4.98 Å². The van der Waals surface area contributed by atoms with Crippen LogP contribution in [0.1, 0.15) is 12.8 Å². The van der Waals surface area contributed by atoms with Crippen LogP contribution in [0, 0.1) is 0 Å². The molecular formula is C11H13ClN4O2S. The number of anilines is 1. The molecule has 3 rings (SSSR count). The first kappa shape index (κ1) is 12.7. The van der Waals surface area contributed by atoms with Crippen LogP contribution < -0.4 is 5.32 Å². The fraction of sp³-hybridized carbons (Fsp3) is 0.455. The zero-order valence-corrected chi connectivity index (χ0v) is 11.7. The highest BCUT2D eigenvalue weighted by Gasteiger charge is 2.24. The third kappa shape index (κ3) is 2.82. The normalized spacial score (nSPS) is 19.6. The third-order valence-corrected chi connectivity index (χ3v) is 5.12. The average Bonchev–Trinajstić information content (AvgIpc) is 2.73. The van der Waals surface area contributed by atoms with Gasteiger partial charge in [0.05, 0.1) is 16.5 Å². The Balaban J connectivity index is 1.75. The number of nitrogens with zero attached hydrogens (tertiary/aromatic N) is 3. The van der Waals surface area contributed by atoms with Crippen LogP contribution in [0.4, 0.5) is 5.95 Å². The van der Waals surface area contributed by atoms with E-state index in [9.17, 15) is 8.42 Å². The molecule has 19 heavy (non-hydrogen) atoms. The summed E-state index contributed by atoms with van der Waals surface area (Å²) in [5.41, 5.74) is 0.704. The highest BCUT2D eigenvalue weighted by Crippen LogP contribution is 2.17. The van der Waals surface area contributed by atoms with Gasteiger partial charge in [0.15, 0.2) is 5.65 Å².